The molecule has 2 aromatic rings. The number of nitrogens with two attached hydrogens (primary N) is 1. The molecule has 5 heteroatoms. The Morgan fingerprint density at radius 1 is 0.852 bits per heavy atom. The molecule has 0 bridgehead atoms. The van der Waals surface area contributed by atoms with Crippen molar-refractivity contribution in [2.45, 2.75) is 26.7 Å². The number of carbonyl (C=O) groups excluding carboxylic acids is 1. The summed E-state index contributed by atoms with van der Waals surface area (Å²) in [5, 5.41) is 11.3. The molecule has 0 spiro atoms. The van der Waals surface area contributed by atoms with Gasteiger partial charge in [0.05, 0.1) is 5.92 Å². The van der Waals surface area contributed by atoms with Crippen LogP contribution in [0.1, 0.15) is 25.0 Å². The highest BCUT2D eigenvalue weighted by molar-refractivity contribution is 5.78. The van der Waals surface area contributed by atoms with Gasteiger partial charge in [-0.3, -0.25) is 9.59 Å². The summed E-state index contributed by atoms with van der Waals surface area (Å²) in [6, 6.07) is 19.7. The van der Waals surface area contributed by atoms with Crippen LogP contribution in [0.2, 0.25) is 0 Å². The molecule has 0 fully saturated rings. The third-order valence-electron chi connectivity index (χ3n) is 3.88. The van der Waals surface area contributed by atoms with Crippen LogP contribution in [-0.2, 0) is 22.4 Å². The molecule has 0 heterocycles. The van der Waals surface area contributed by atoms with Crippen LogP contribution in [0.5, 0.6) is 0 Å². The summed E-state index contributed by atoms with van der Waals surface area (Å²) >= 11 is 0. The van der Waals surface area contributed by atoms with Crippen LogP contribution < -0.4 is 11.1 Å². The van der Waals surface area contributed by atoms with Gasteiger partial charge in [-0.1, -0.05) is 74.5 Å². The van der Waals surface area contributed by atoms with Crippen molar-refractivity contribution in [3.63, 3.8) is 0 Å². The Balaban J connectivity index is 0.000000460. The molecule has 5 nitrogen and oxygen atoms in total. The first-order chi connectivity index (χ1) is 12.9. The molecule has 27 heavy (non-hydrogen) atoms. The van der Waals surface area contributed by atoms with Gasteiger partial charge >= 0.3 is 5.97 Å². The summed E-state index contributed by atoms with van der Waals surface area (Å²) in [6.07, 6.45) is 1.41. The Labute approximate surface area is 162 Å². The van der Waals surface area contributed by atoms with Crippen molar-refractivity contribution in [2.75, 3.05) is 14.1 Å². The Bertz CT molecular complexity index is 645. The van der Waals surface area contributed by atoms with E-state index in [-0.39, 0.29) is 17.7 Å². The van der Waals surface area contributed by atoms with E-state index in [0.717, 1.165) is 12.0 Å². The molecule has 2 atom stereocenters. The molecule has 0 saturated heterocycles. The maximum Gasteiger partial charge on any atom is 0.306 e. The van der Waals surface area contributed by atoms with Gasteiger partial charge in [0.2, 0.25) is 5.91 Å². The molecule has 2 rings (SSSR count). The van der Waals surface area contributed by atoms with Crippen molar-refractivity contribution < 1.29 is 14.7 Å². The lowest BCUT2D eigenvalue weighted by molar-refractivity contribution is -0.141. The second kappa shape index (κ2) is 14.5. The maximum absolute atomic E-state index is 11.2. The molecule has 0 aliphatic heterocycles. The van der Waals surface area contributed by atoms with E-state index in [9.17, 15) is 9.59 Å². The van der Waals surface area contributed by atoms with E-state index in [1.54, 1.807) is 14.0 Å². The van der Waals surface area contributed by atoms with Crippen LogP contribution in [0, 0.1) is 11.8 Å². The molecule has 4 N–H and O–H groups in total. The van der Waals surface area contributed by atoms with Gasteiger partial charge in [0.25, 0.3) is 0 Å². The predicted octanol–water partition coefficient (Wildman–Crippen LogP) is 3.14. The van der Waals surface area contributed by atoms with E-state index in [4.69, 9.17) is 5.11 Å². The standard InChI is InChI=1S/C11H15NO.C10H12O2.CH5N/c1-9(11(13)12-2)8-10-6-4-3-5-7-10;1-8(10(11)12)7-9-5-3-2-4-6-9;1-2/h3-7,9H,8H2,1-2H3,(H,12,13);2-6,8H,7H2,1H3,(H,11,12);2H2,1H3. The summed E-state index contributed by atoms with van der Waals surface area (Å²) in [7, 11) is 3.17. The van der Waals surface area contributed by atoms with Crippen LogP contribution >= 0.6 is 0 Å². The average Bonchev–Trinajstić information content (AvgIpc) is 2.70. The SMILES string of the molecule is CC(Cc1ccccc1)C(=O)O.CN.CNC(=O)C(C)Cc1ccccc1. The maximum atomic E-state index is 11.2. The van der Waals surface area contributed by atoms with E-state index in [2.05, 4.69) is 11.1 Å². The summed E-state index contributed by atoms with van der Waals surface area (Å²) in [6.45, 7) is 3.65. The summed E-state index contributed by atoms with van der Waals surface area (Å²) in [5.74, 6) is -0.887. The van der Waals surface area contributed by atoms with Crippen molar-refractivity contribution in [1.82, 2.24) is 5.32 Å². The number of hydrogen-bond donors (Lipinski definition) is 3. The van der Waals surface area contributed by atoms with E-state index in [0.29, 0.717) is 6.42 Å². The summed E-state index contributed by atoms with van der Waals surface area (Å²) in [5.41, 5.74) is 6.78. The molecule has 2 unspecified atom stereocenters. The first kappa shape index (κ1) is 24.3. The molecule has 1 amide bonds. The van der Waals surface area contributed by atoms with E-state index in [1.165, 1.54) is 12.6 Å². The lowest BCUT2D eigenvalue weighted by atomic mass is 10.0. The first-order valence-electron chi connectivity index (χ1n) is 9.04. The fourth-order valence-corrected chi connectivity index (χ4v) is 2.36. The average molecular weight is 373 g/mol. The van der Waals surface area contributed by atoms with E-state index in [1.807, 2.05) is 67.6 Å². The molecule has 0 aromatic heterocycles. The Morgan fingerprint density at radius 2 is 1.22 bits per heavy atom. The van der Waals surface area contributed by atoms with Gasteiger partial charge in [0, 0.05) is 13.0 Å². The first-order valence-corrected chi connectivity index (χ1v) is 9.04. The van der Waals surface area contributed by atoms with Crippen LogP contribution in [0.15, 0.2) is 60.7 Å². The lowest BCUT2D eigenvalue weighted by Crippen LogP contribution is -2.26. The van der Waals surface area contributed by atoms with Gasteiger partial charge < -0.3 is 16.2 Å². The largest absolute Gasteiger partial charge is 0.481 e. The number of amides is 1. The van der Waals surface area contributed by atoms with Gasteiger partial charge in [-0.2, -0.15) is 0 Å². The van der Waals surface area contributed by atoms with Crippen molar-refractivity contribution in [3.8, 4) is 0 Å². The predicted molar refractivity (Wildman–Crippen MR) is 110 cm³/mol. The second-order valence-electron chi connectivity index (χ2n) is 6.13. The number of nitrogens with one attached hydrogen (secondary N) is 1. The Hall–Kier alpha value is -2.66. The van der Waals surface area contributed by atoms with Gasteiger partial charge in [0.1, 0.15) is 0 Å². The highest BCUT2D eigenvalue weighted by Crippen LogP contribution is 2.08. The normalized spacial score (nSPS) is 11.6. The van der Waals surface area contributed by atoms with Crippen LogP contribution in [-0.4, -0.2) is 31.1 Å². The molecule has 0 aliphatic rings. The third-order valence-corrected chi connectivity index (χ3v) is 3.88. The van der Waals surface area contributed by atoms with Crippen molar-refractivity contribution in [3.05, 3.63) is 71.8 Å². The zero-order chi connectivity index (χ0) is 20.7. The molecule has 2 aromatic carbocycles. The summed E-state index contributed by atoms with van der Waals surface area (Å²) in [4.78, 5) is 21.7. The molecular formula is C22H32N2O3. The van der Waals surface area contributed by atoms with Crippen molar-refractivity contribution >= 4 is 11.9 Å². The minimum Gasteiger partial charge on any atom is -0.481 e. The zero-order valence-corrected chi connectivity index (χ0v) is 16.7. The van der Waals surface area contributed by atoms with Crippen molar-refractivity contribution in [1.29, 1.82) is 0 Å². The molecular weight excluding hydrogens is 340 g/mol. The zero-order valence-electron chi connectivity index (χ0n) is 16.7. The lowest BCUT2D eigenvalue weighted by Gasteiger charge is -2.09. The highest BCUT2D eigenvalue weighted by Gasteiger charge is 2.11. The molecule has 0 aliphatic carbocycles. The van der Waals surface area contributed by atoms with Gasteiger partial charge in [-0.05, 0) is 31.0 Å². The Morgan fingerprint density at radius 3 is 1.56 bits per heavy atom. The minimum atomic E-state index is -0.737. The molecule has 148 valence electrons. The minimum absolute atomic E-state index is 0.0485. The Kier molecular flexibility index (Phi) is 13.1. The summed E-state index contributed by atoms with van der Waals surface area (Å²) < 4.78 is 0. The number of aliphatic carboxylic acids is 1. The fourth-order valence-electron chi connectivity index (χ4n) is 2.36. The molecule has 0 saturated carbocycles. The topological polar surface area (TPSA) is 92.4 Å². The second-order valence-corrected chi connectivity index (χ2v) is 6.13. The van der Waals surface area contributed by atoms with Crippen LogP contribution in [0.4, 0.5) is 0 Å². The molecule has 0 radical (unpaired) electrons. The number of hydrogen-bond acceptors (Lipinski definition) is 3. The monoisotopic (exact) mass is 372 g/mol. The van der Waals surface area contributed by atoms with Gasteiger partial charge in [-0.15, -0.1) is 0 Å². The van der Waals surface area contributed by atoms with E-state index < -0.39 is 5.97 Å². The number of carbonyl (C=O) groups is 2. The van der Waals surface area contributed by atoms with Crippen LogP contribution in [0.3, 0.4) is 0 Å². The smallest absolute Gasteiger partial charge is 0.306 e. The van der Waals surface area contributed by atoms with Crippen molar-refractivity contribution in [2.24, 2.45) is 17.6 Å². The highest BCUT2D eigenvalue weighted by atomic mass is 16.4. The number of rotatable bonds is 6. The number of carboxylic acids is 1. The fraction of sp³-hybridized carbons (Fsp3) is 0.364. The van der Waals surface area contributed by atoms with Gasteiger partial charge in [-0.25, -0.2) is 0 Å². The third kappa shape index (κ3) is 10.8. The van der Waals surface area contributed by atoms with Gasteiger partial charge in [0.15, 0.2) is 0 Å². The van der Waals surface area contributed by atoms with Crippen LogP contribution in [0.25, 0.3) is 0 Å². The number of carboxylic acid groups (broad SMARTS) is 1. The number of benzene rings is 2. The van der Waals surface area contributed by atoms with E-state index >= 15 is 0 Å². The quantitative estimate of drug-likeness (QED) is 0.726.